The van der Waals surface area contributed by atoms with E-state index < -0.39 is 12.0 Å². The van der Waals surface area contributed by atoms with Gasteiger partial charge >= 0.3 is 5.97 Å². The van der Waals surface area contributed by atoms with Crippen LogP contribution in [0.5, 0.6) is 0 Å². The van der Waals surface area contributed by atoms with Crippen molar-refractivity contribution in [3.63, 3.8) is 0 Å². The van der Waals surface area contributed by atoms with Crippen LogP contribution in [-0.4, -0.2) is 38.2 Å². The molecule has 1 heterocycles. The van der Waals surface area contributed by atoms with Crippen LogP contribution in [0.2, 0.25) is 0 Å². The summed E-state index contributed by atoms with van der Waals surface area (Å²) in [7, 11) is 1.31. The second-order valence-corrected chi connectivity index (χ2v) is 4.24. The molecule has 5 heteroatoms. The molecule has 100 valence electrons. The summed E-state index contributed by atoms with van der Waals surface area (Å²) >= 11 is 0. The van der Waals surface area contributed by atoms with Gasteiger partial charge in [-0.3, -0.25) is 4.79 Å². The van der Waals surface area contributed by atoms with Gasteiger partial charge < -0.3 is 14.8 Å². The molecule has 1 aliphatic rings. The normalized spacial score (nSPS) is 19.9. The summed E-state index contributed by atoms with van der Waals surface area (Å²) in [6.45, 7) is 1.02. The van der Waals surface area contributed by atoms with E-state index in [4.69, 9.17) is 11.2 Å². The van der Waals surface area contributed by atoms with Crippen LogP contribution in [0.4, 0.5) is 0 Å². The first kappa shape index (κ1) is 14.5. The third kappa shape index (κ3) is 4.38. The van der Waals surface area contributed by atoms with Gasteiger partial charge in [-0.2, -0.15) is 0 Å². The third-order valence-electron chi connectivity index (χ3n) is 2.92. The van der Waals surface area contributed by atoms with Crippen molar-refractivity contribution >= 4 is 11.9 Å². The van der Waals surface area contributed by atoms with Gasteiger partial charge in [0.05, 0.1) is 19.6 Å². The van der Waals surface area contributed by atoms with Gasteiger partial charge in [0.2, 0.25) is 5.91 Å². The number of esters is 1. The molecular weight excluding hydrogens is 234 g/mol. The van der Waals surface area contributed by atoms with Crippen molar-refractivity contribution in [3.8, 4) is 12.3 Å². The zero-order chi connectivity index (χ0) is 13.4. The maximum absolute atomic E-state index is 11.9. The molecule has 1 saturated heterocycles. The molecule has 5 nitrogen and oxygen atoms in total. The molecule has 0 aromatic carbocycles. The van der Waals surface area contributed by atoms with Gasteiger partial charge in [-0.05, 0) is 19.3 Å². The smallest absolute Gasteiger partial charge is 0.328 e. The average Bonchev–Trinajstić information content (AvgIpc) is 2.90. The Morgan fingerprint density at radius 1 is 1.61 bits per heavy atom. The van der Waals surface area contributed by atoms with Gasteiger partial charge in [-0.25, -0.2) is 4.79 Å². The Labute approximate surface area is 107 Å². The van der Waals surface area contributed by atoms with Crippen molar-refractivity contribution in [1.82, 2.24) is 5.32 Å². The van der Waals surface area contributed by atoms with Crippen molar-refractivity contribution in [3.05, 3.63) is 0 Å². The van der Waals surface area contributed by atoms with Gasteiger partial charge in [-0.1, -0.05) is 0 Å². The van der Waals surface area contributed by atoms with Gasteiger partial charge in [0.1, 0.15) is 6.04 Å². The Morgan fingerprint density at radius 3 is 2.94 bits per heavy atom. The molecule has 0 bridgehead atoms. The summed E-state index contributed by atoms with van der Waals surface area (Å²) in [5.41, 5.74) is 0. The van der Waals surface area contributed by atoms with E-state index in [0.29, 0.717) is 38.9 Å². The molecule has 1 N–H and O–H groups in total. The second kappa shape index (κ2) is 7.72. The number of rotatable bonds is 6. The van der Waals surface area contributed by atoms with Crippen LogP contribution in [-0.2, 0) is 19.1 Å². The van der Waals surface area contributed by atoms with E-state index in [2.05, 4.69) is 16.0 Å². The lowest BCUT2D eigenvalue weighted by Crippen LogP contribution is -2.44. The molecule has 0 aliphatic carbocycles. The minimum absolute atomic E-state index is 0.149. The summed E-state index contributed by atoms with van der Waals surface area (Å²) in [4.78, 5) is 23.4. The number of ether oxygens (including phenoxy) is 2. The summed E-state index contributed by atoms with van der Waals surface area (Å²) in [5.74, 6) is 1.76. The summed E-state index contributed by atoms with van der Waals surface area (Å²) in [5, 5.41) is 2.71. The molecule has 0 spiro atoms. The molecule has 1 aliphatic heterocycles. The molecule has 0 unspecified atom stereocenters. The SMILES string of the molecule is C#CCCC[C@H](NC(=O)[C@H]1CCOC1)C(=O)OC. The topological polar surface area (TPSA) is 64.6 Å². The molecule has 0 saturated carbocycles. The van der Waals surface area contributed by atoms with E-state index in [-0.39, 0.29) is 11.8 Å². The molecule has 2 atom stereocenters. The lowest BCUT2D eigenvalue weighted by atomic mass is 10.1. The molecule has 1 rings (SSSR count). The van der Waals surface area contributed by atoms with Crippen LogP contribution in [0.25, 0.3) is 0 Å². The number of amides is 1. The van der Waals surface area contributed by atoms with Crippen molar-refractivity contribution < 1.29 is 19.1 Å². The highest BCUT2D eigenvalue weighted by atomic mass is 16.5. The first-order chi connectivity index (χ1) is 8.69. The average molecular weight is 253 g/mol. The zero-order valence-electron chi connectivity index (χ0n) is 10.6. The molecule has 0 aromatic rings. The van der Waals surface area contributed by atoms with Gasteiger partial charge in [0.25, 0.3) is 0 Å². The lowest BCUT2D eigenvalue weighted by Gasteiger charge is -2.17. The van der Waals surface area contributed by atoms with Crippen LogP contribution in [0.1, 0.15) is 25.7 Å². The largest absolute Gasteiger partial charge is 0.467 e. The number of hydrogen-bond acceptors (Lipinski definition) is 4. The molecular formula is C13H19NO4. The monoisotopic (exact) mass is 253 g/mol. The third-order valence-corrected chi connectivity index (χ3v) is 2.92. The summed E-state index contributed by atoms with van der Waals surface area (Å²) in [6, 6.07) is -0.614. The minimum Gasteiger partial charge on any atom is -0.467 e. The molecule has 1 amide bonds. The van der Waals surface area contributed by atoms with Gasteiger partial charge in [0.15, 0.2) is 0 Å². The highest BCUT2D eigenvalue weighted by Gasteiger charge is 2.28. The maximum Gasteiger partial charge on any atom is 0.328 e. The van der Waals surface area contributed by atoms with Crippen molar-refractivity contribution in [2.24, 2.45) is 5.92 Å². The maximum atomic E-state index is 11.9. The number of carbonyl (C=O) groups excluding carboxylic acids is 2. The number of hydrogen-bond donors (Lipinski definition) is 1. The number of nitrogens with one attached hydrogen (secondary N) is 1. The number of unbranched alkanes of at least 4 members (excludes halogenated alkanes) is 1. The first-order valence-corrected chi connectivity index (χ1v) is 6.08. The summed E-state index contributed by atoms with van der Waals surface area (Å²) in [6.07, 6.45) is 7.61. The predicted octanol–water partition coefficient (Wildman–Crippen LogP) is 0.484. The van der Waals surface area contributed by atoms with Crippen LogP contribution < -0.4 is 5.32 Å². The Bertz CT molecular complexity index is 328. The quantitative estimate of drug-likeness (QED) is 0.425. The Balaban J connectivity index is 2.46. The molecule has 0 aromatic heterocycles. The fraction of sp³-hybridized carbons (Fsp3) is 0.692. The fourth-order valence-electron chi connectivity index (χ4n) is 1.83. The standard InChI is InChI=1S/C13H19NO4/c1-3-4-5-6-11(13(16)17-2)14-12(15)10-7-8-18-9-10/h1,10-11H,4-9H2,2H3,(H,14,15)/t10-,11-/m0/s1. The van der Waals surface area contributed by atoms with Crippen molar-refractivity contribution in [2.75, 3.05) is 20.3 Å². The summed E-state index contributed by atoms with van der Waals surface area (Å²) < 4.78 is 9.81. The van der Waals surface area contributed by atoms with Crippen LogP contribution in [0.3, 0.4) is 0 Å². The van der Waals surface area contributed by atoms with E-state index in [1.807, 2.05) is 0 Å². The van der Waals surface area contributed by atoms with Crippen LogP contribution >= 0.6 is 0 Å². The first-order valence-electron chi connectivity index (χ1n) is 6.08. The van der Waals surface area contributed by atoms with E-state index in [1.165, 1.54) is 7.11 Å². The predicted molar refractivity (Wildman–Crippen MR) is 65.6 cm³/mol. The highest BCUT2D eigenvalue weighted by molar-refractivity contribution is 5.85. The van der Waals surface area contributed by atoms with E-state index in [1.54, 1.807) is 0 Å². The van der Waals surface area contributed by atoms with Crippen molar-refractivity contribution in [2.45, 2.75) is 31.7 Å². The number of terminal acetylenes is 1. The Kier molecular flexibility index (Phi) is 6.23. The van der Waals surface area contributed by atoms with E-state index in [0.717, 1.165) is 0 Å². The van der Waals surface area contributed by atoms with E-state index >= 15 is 0 Å². The van der Waals surface area contributed by atoms with Crippen LogP contribution in [0, 0.1) is 18.3 Å². The minimum atomic E-state index is -0.614. The number of methoxy groups -OCH3 is 1. The lowest BCUT2D eigenvalue weighted by molar-refractivity contribution is -0.145. The Hall–Kier alpha value is -1.54. The van der Waals surface area contributed by atoms with E-state index in [9.17, 15) is 9.59 Å². The fourth-order valence-corrected chi connectivity index (χ4v) is 1.83. The number of carbonyl (C=O) groups is 2. The van der Waals surface area contributed by atoms with Gasteiger partial charge in [-0.15, -0.1) is 12.3 Å². The molecule has 18 heavy (non-hydrogen) atoms. The molecule has 0 radical (unpaired) electrons. The highest BCUT2D eigenvalue weighted by Crippen LogP contribution is 2.13. The molecule has 1 fully saturated rings. The van der Waals surface area contributed by atoms with Crippen molar-refractivity contribution in [1.29, 1.82) is 0 Å². The zero-order valence-corrected chi connectivity index (χ0v) is 10.6. The second-order valence-electron chi connectivity index (χ2n) is 4.24. The van der Waals surface area contributed by atoms with Gasteiger partial charge in [0, 0.05) is 13.0 Å². The van der Waals surface area contributed by atoms with Crippen LogP contribution in [0.15, 0.2) is 0 Å². The Morgan fingerprint density at radius 2 is 2.39 bits per heavy atom.